The first-order valence-corrected chi connectivity index (χ1v) is 4.32. The first-order chi connectivity index (χ1) is 6.36. The average molecular weight is 175 g/mol. The van der Waals surface area contributed by atoms with Gasteiger partial charge in [-0.15, -0.1) is 12.3 Å². The van der Waals surface area contributed by atoms with Gasteiger partial charge in [0.15, 0.2) is 0 Å². The van der Waals surface area contributed by atoms with Crippen LogP contribution in [0.4, 0.5) is 5.82 Å². The summed E-state index contributed by atoms with van der Waals surface area (Å²) in [7, 11) is 0. The van der Waals surface area contributed by atoms with E-state index in [0.717, 1.165) is 18.7 Å². The molecular formula is C10H13N3. The molecule has 3 heteroatoms. The van der Waals surface area contributed by atoms with Crippen molar-refractivity contribution in [3.05, 3.63) is 18.6 Å². The number of hydrogen-bond donors (Lipinski definition) is 1. The molecule has 1 aromatic heterocycles. The minimum Gasteiger partial charge on any atom is -0.366 e. The van der Waals surface area contributed by atoms with Crippen LogP contribution in [0.1, 0.15) is 19.8 Å². The smallest absolute Gasteiger partial charge is 0.129 e. The minimum absolute atomic E-state index is 0.305. The van der Waals surface area contributed by atoms with Gasteiger partial charge in [0, 0.05) is 18.7 Å². The molecule has 3 nitrogen and oxygen atoms in total. The molecule has 13 heavy (non-hydrogen) atoms. The Balaban J connectivity index is 2.53. The normalized spacial score (nSPS) is 11.7. The molecule has 0 aliphatic carbocycles. The van der Waals surface area contributed by atoms with Crippen LogP contribution in [-0.4, -0.2) is 16.0 Å². The fraction of sp³-hybridized carbons (Fsp3) is 0.400. The summed E-state index contributed by atoms with van der Waals surface area (Å²) in [5.74, 6) is 3.46. The van der Waals surface area contributed by atoms with E-state index in [1.54, 1.807) is 6.20 Å². The molecule has 68 valence electrons. The molecular weight excluding hydrogens is 162 g/mol. The van der Waals surface area contributed by atoms with Gasteiger partial charge < -0.3 is 5.32 Å². The van der Waals surface area contributed by atoms with Crippen molar-refractivity contribution < 1.29 is 0 Å². The van der Waals surface area contributed by atoms with Crippen molar-refractivity contribution in [2.75, 3.05) is 5.32 Å². The van der Waals surface area contributed by atoms with Gasteiger partial charge in [0.2, 0.25) is 0 Å². The van der Waals surface area contributed by atoms with Gasteiger partial charge in [-0.05, 0) is 12.5 Å². The Kier molecular flexibility index (Phi) is 3.77. The predicted octanol–water partition coefficient (Wildman–Crippen LogP) is 1.69. The molecule has 1 atom stereocenters. The first-order valence-electron chi connectivity index (χ1n) is 4.32. The van der Waals surface area contributed by atoms with Crippen LogP contribution in [0.3, 0.4) is 0 Å². The van der Waals surface area contributed by atoms with Gasteiger partial charge in [-0.25, -0.2) is 9.97 Å². The lowest BCUT2D eigenvalue weighted by Crippen LogP contribution is -2.18. The highest BCUT2D eigenvalue weighted by molar-refractivity contribution is 5.33. The molecule has 1 heterocycles. The highest BCUT2D eigenvalue weighted by Gasteiger charge is 2.03. The minimum atomic E-state index is 0.305. The van der Waals surface area contributed by atoms with Crippen LogP contribution in [0.2, 0.25) is 0 Å². The third-order valence-electron chi connectivity index (χ3n) is 1.79. The van der Waals surface area contributed by atoms with Crippen LogP contribution in [0, 0.1) is 12.3 Å². The molecule has 1 aromatic rings. The van der Waals surface area contributed by atoms with Gasteiger partial charge in [-0.2, -0.15) is 0 Å². The molecule has 1 N–H and O–H groups in total. The molecule has 0 radical (unpaired) electrons. The Hall–Kier alpha value is -1.56. The van der Waals surface area contributed by atoms with E-state index in [0.29, 0.717) is 6.04 Å². The zero-order valence-corrected chi connectivity index (χ0v) is 7.70. The summed E-state index contributed by atoms with van der Waals surface area (Å²) >= 11 is 0. The summed E-state index contributed by atoms with van der Waals surface area (Å²) in [6, 6.07) is 2.14. The number of anilines is 1. The lowest BCUT2D eigenvalue weighted by atomic mass is 10.1. The first kappa shape index (κ1) is 9.53. The highest BCUT2D eigenvalue weighted by Crippen LogP contribution is 2.06. The molecule has 0 amide bonds. The molecule has 0 saturated heterocycles. The highest BCUT2D eigenvalue weighted by atomic mass is 15.0. The third kappa shape index (κ3) is 3.12. The second-order valence-corrected chi connectivity index (χ2v) is 2.75. The third-order valence-corrected chi connectivity index (χ3v) is 1.79. The van der Waals surface area contributed by atoms with Gasteiger partial charge in [0.05, 0.1) is 0 Å². The number of nitrogens with one attached hydrogen (secondary N) is 1. The number of nitrogens with zero attached hydrogens (tertiary/aromatic N) is 2. The SMILES string of the molecule is C#CCC(CC)Nc1ccncn1. The standard InChI is InChI=1S/C10H13N3/c1-3-5-9(4-2)13-10-6-7-11-8-12-10/h1,6-9H,4-5H2,2H3,(H,11,12,13). The molecule has 0 spiro atoms. The zero-order chi connectivity index (χ0) is 9.52. The second-order valence-electron chi connectivity index (χ2n) is 2.75. The van der Waals surface area contributed by atoms with Crippen LogP contribution in [-0.2, 0) is 0 Å². The Morgan fingerprint density at radius 1 is 1.69 bits per heavy atom. The van der Waals surface area contributed by atoms with E-state index in [9.17, 15) is 0 Å². The van der Waals surface area contributed by atoms with Crippen molar-refractivity contribution in [1.82, 2.24) is 9.97 Å². The fourth-order valence-corrected chi connectivity index (χ4v) is 1.02. The molecule has 0 aromatic carbocycles. The Morgan fingerprint density at radius 2 is 2.54 bits per heavy atom. The van der Waals surface area contributed by atoms with Crippen molar-refractivity contribution in [3.8, 4) is 12.3 Å². The Bertz CT molecular complexity index is 276. The van der Waals surface area contributed by atoms with Crippen LogP contribution in [0.5, 0.6) is 0 Å². The molecule has 0 bridgehead atoms. The van der Waals surface area contributed by atoms with E-state index in [1.807, 2.05) is 6.07 Å². The van der Waals surface area contributed by atoms with E-state index < -0.39 is 0 Å². The molecule has 0 aliphatic heterocycles. The Morgan fingerprint density at radius 3 is 3.08 bits per heavy atom. The maximum absolute atomic E-state index is 5.24. The average Bonchev–Trinajstić information content (AvgIpc) is 2.19. The summed E-state index contributed by atoms with van der Waals surface area (Å²) in [6.45, 7) is 2.09. The summed E-state index contributed by atoms with van der Waals surface area (Å²) in [4.78, 5) is 7.89. The van der Waals surface area contributed by atoms with Gasteiger partial charge in [-0.1, -0.05) is 6.92 Å². The van der Waals surface area contributed by atoms with Crippen molar-refractivity contribution in [2.24, 2.45) is 0 Å². The number of aromatic nitrogens is 2. The quantitative estimate of drug-likeness (QED) is 0.708. The topological polar surface area (TPSA) is 37.8 Å². The van der Waals surface area contributed by atoms with Gasteiger partial charge in [0.1, 0.15) is 12.1 Å². The maximum Gasteiger partial charge on any atom is 0.129 e. The summed E-state index contributed by atoms with van der Waals surface area (Å²) < 4.78 is 0. The largest absolute Gasteiger partial charge is 0.366 e. The number of terminal acetylenes is 1. The van der Waals surface area contributed by atoms with E-state index >= 15 is 0 Å². The number of rotatable bonds is 4. The molecule has 0 saturated carbocycles. The van der Waals surface area contributed by atoms with Crippen molar-refractivity contribution in [2.45, 2.75) is 25.8 Å². The second kappa shape index (κ2) is 5.15. The molecule has 0 fully saturated rings. The van der Waals surface area contributed by atoms with E-state index in [1.165, 1.54) is 6.33 Å². The van der Waals surface area contributed by atoms with E-state index in [4.69, 9.17) is 6.42 Å². The van der Waals surface area contributed by atoms with Gasteiger partial charge in [0.25, 0.3) is 0 Å². The van der Waals surface area contributed by atoms with E-state index in [2.05, 4.69) is 28.1 Å². The van der Waals surface area contributed by atoms with Crippen LogP contribution in [0.25, 0.3) is 0 Å². The maximum atomic E-state index is 5.24. The van der Waals surface area contributed by atoms with Gasteiger partial charge in [-0.3, -0.25) is 0 Å². The fourth-order valence-electron chi connectivity index (χ4n) is 1.02. The zero-order valence-electron chi connectivity index (χ0n) is 7.70. The van der Waals surface area contributed by atoms with Crippen LogP contribution >= 0.6 is 0 Å². The summed E-state index contributed by atoms with van der Waals surface area (Å²) in [6.07, 6.45) is 10.2. The lowest BCUT2D eigenvalue weighted by molar-refractivity contribution is 0.711. The molecule has 0 aliphatic rings. The van der Waals surface area contributed by atoms with Crippen molar-refractivity contribution in [1.29, 1.82) is 0 Å². The predicted molar refractivity (Wildman–Crippen MR) is 53.2 cm³/mol. The van der Waals surface area contributed by atoms with E-state index in [-0.39, 0.29) is 0 Å². The summed E-state index contributed by atoms with van der Waals surface area (Å²) in [5.41, 5.74) is 0. The summed E-state index contributed by atoms with van der Waals surface area (Å²) in [5, 5.41) is 3.24. The molecule has 1 unspecified atom stereocenters. The monoisotopic (exact) mass is 175 g/mol. The Labute approximate surface area is 78.6 Å². The van der Waals surface area contributed by atoms with Crippen molar-refractivity contribution >= 4 is 5.82 Å². The molecule has 1 rings (SSSR count). The lowest BCUT2D eigenvalue weighted by Gasteiger charge is -2.13. The van der Waals surface area contributed by atoms with Gasteiger partial charge >= 0.3 is 0 Å². The van der Waals surface area contributed by atoms with Crippen LogP contribution in [0.15, 0.2) is 18.6 Å². The van der Waals surface area contributed by atoms with Crippen molar-refractivity contribution in [3.63, 3.8) is 0 Å². The van der Waals surface area contributed by atoms with Crippen LogP contribution < -0.4 is 5.32 Å². The number of hydrogen-bond acceptors (Lipinski definition) is 3.